The molecule has 0 aromatic heterocycles. The number of nitrogens with one attached hydrogen (secondary N) is 1. The molecule has 1 aliphatic carbocycles. The zero-order chi connectivity index (χ0) is 18.2. The Morgan fingerprint density at radius 1 is 1.36 bits per heavy atom. The lowest BCUT2D eigenvalue weighted by atomic mass is 10.2. The van der Waals surface area contributed by atoms with Gasteiger partial charge >= 0.3 is 0 Å². The number of hydrogen-bond acceptors (Lipinski definition) is 5. The fourth-order valence-corrected chi connectivity index (χ4v) is 3.39. The van der Waals surface area contributed by atoms with Gasteiger partial charge in [0.2, 0.25) is 0 Å². The van der Waals surface area contributed by atoms with Crippen LogP contribution in [0.3, 0.4) is 0 Å². The van der Waals surface area contributed by atoms with Crippen molar-refractivity contribution < 1.29 is 23.9 Å². The normalized spacial score (nSPS) is 15.2. The number of hydrogen-bond donors (Lipinski definition) is 2. The minimum absolute atomic E-state index is 0.0534. The summed E-state index contributed by atoms with van der Waals surface area (Å²) in [7, 11) is 1.29. The van der Waals surface area contributed by atoms with Gasteiger partial charge in [0, 0.05) is 5.25 Å². The van der Waals surface area contributed by atoms with Gasteiger partial charge in [-0.25, -0.2) is 9.45 Å². The third kappa shape index (κ3) is 6.06. The highest BCUT2D eigenvalue weighted by molar-refractivity contribution is 7.98. The zero-order valence-electron chi connectivity index (χ0n) is 13.9. The van der Waals surface area contributed by atoms with Crippen molar-refractivity contribution >= 4 is 23.8 Å². The fraction of sp³-hybridized carbons (Fsp3) is 0.412. The Labute approximate surface area is 150 Å². The number of aliphatic hydroxyl groups is 1. The van der Waals surface area contributed by atoms with E-state index in [1.807, 2.05) is 0 Å². The van der Waals surface area contributed by atoms with Gasteiger partial charge in [-0.15, -0.1) is 0 Å². The van der Waals surface area contributed by atoms with Gasteiger partial charge in [0.05, 0.1) is 19.7 Å². The number of benzene rings is 1. The van der Waals surface area contributed by atoms with E-state index >= 15 is 0 Å². The molecule has 0 saturated heterocycles. The van der Waals surface area contributed by atoms with Crippen LogP contribution >= 0.6 is 11.9 Å². The summed E-state index contributed by atoms with van der Waals surface area (Å²) in [5.41, 5.74) is 0.644. The highest BCUT2D eigenvalue weighted by Crippen LogP contribution is 2.27. The molecule has 1 saturated carbocycles. The number of aliphatic hydroxyl groups excluding tert-OH is 1. The van der Waals surface area contributed by atoms with E-state index < -0.39 is 17.6 Å². The molecule has 2 rings (SSSR count). The summed E-state index contributed by atoms with van der Waals surface area (Å²) in [5, 5.41) is 11.1. The minimum atomic E-state index is -0.719. The first-order chi connectivity index (χ1) is 12.0. The Kier molecular flexibility index (Phi) is 7.27. The van der Waals surface area contributed by atoms with Crippen LogP contribution in [-0.2, 0) is 21.0 Å². The fourth-order valence-electron chi connectivity index (χ4n) is 2.44. The monoisotopic (exact) mass is 368 g/mol. The molecule has 2 N–H and O–H groups in total. The van der Waals surface area contributed by atoms with E-state index in [4.69, 9.17) is 4.84 Å². The molecule has 1 aromatic carbocycles. The predicted octanol–water partition coefficient (Wildman–Crippen LogP) is 2.86. The molecule has 0 atom stereocenters. The lowest BCUT2D eigenvalue weighted by Gasteiger charge is -2.18. The maximum atomic E-state index is 12.9. The Morgan fingerprint density at radius 3 is 2.60 bits per heavy atom. The Balaban J connectivity index is 1.90. The average Bonchev–Trinajstić information content (AvgIpc) is 3.12. The maximum Gasteiger partial charge on any atom is 0.296 e. The average molecular weight is 368 g/mol. The molecule has 8 heteroatoms. The van der Waals surface area contributed by atoms with Crippen LogP contribution in [-0.4, -0.2) is 34.3 Å². The van der Waals surface area contributed by atoms with Crippen molar-refractivity contribution in [3.05, 3.63) is 47.5 Å². The van der Waals surface area contributed by atoms with Crippen LogP contribution in [0.4, 0.5) is 4.39 Å². The third-order valence-electron chi connectivity index (χ3n) is 3.82. The molecule has 0 bridgehead atoms. The quantitative estimate of drug-likeness (QED) is 0.335. The number of carbonyl (C=O) groups excluding carboxylic acids is 2. The second kappa shape index (κ2) is 9.43. The number of amides is 2. The molecule has 1 fully saturated rings. The molecular weight excluding hydrogens is 347 g/mol. The van der Waals surface area contributed by atoms with Crippen molar-refractivity contribution in [2.24, 2.45) is 0 Å². The van der Waals surface area contributed by atoms with Crippen LogP contribution in [0.2, 0.25) is 0 Å². The number of carbonyl (C=O) groups is 2. The van der Waals surface area contributed by atoms with Gasteiger partial charge in [-0.1, -0.05) is 25.0 Å². The second-order valence-corrected chi connectivity index (χ2v) is 6.78. The van der Waals surface area contributed by atoms with Crippen LogP contribution in [0.15, 0.2) is 36.1 Å². The Morgan fingerprint density at radius 2 is 2.00 bits per heavy atom. The first-order valence-electron chi connectivity index (χ1n) is 7.96. The molecule has 0 aliphatic heterocycles. The van der Waals surface area contributed by atoms with Crippen molar-refractivity contribution in [1.29, 1.82) is 0 Å². The first kappa shape index (κ1) is 19.3. The molecule has 0 heterocycles. The lowest BCUT2D eigenvalue weighted by Crippen LogP contribution is -2.29. The van der Waals surface area contributed by atoms with Crippen LogP contribution in [0.25, 0.3) is 0 Å². The SMILES string of the molecule is CON(Cc1ccc(F)cc1)C(=O)/C=C(\O)C(=O)NSC1CCCC1. The van der Waals surface area contributed by atoms with Crippen molar-refractivity contribution in [3.63, 3.8) is 0 Å². The summed E-state index contributed by atoms with van der Waals surface area (Å²) in [6, 6.07) is 5.58. The van der Waals surface area contributed by atoms with Gasteiger partial charge in [-0.05, 0) is 42.5 Å². The number of halogens is 1. The van der Waals surface area contributed by atoms with E-state index in [0.717, 1.165) is 36.8 Å². The van der Waals surface area contributed by atoms with Crippen molar-refractivity contribution in [2.45, 2.75) is 37.5 Å². The van der Waals surface area contributed by atoms with Crippen LogP contribution < -0.4 is 4.72 Å². The lowest BCUT2D eigenvalue weighted by molar-refractivity contribution is -0.173. The van der Waals surface area contributed by atoms with Gasteiger partial charge in [0.15, 0.2) is 5.76 Å². The summed E-state index contributed by atoms with van der Waals surface area (Å²) >= 11 is 1.27. The highest BCUT2D eigenvalue weighted by atomic mass is 32.2. The first-order valence-corrected chi connectivity index (χ1v) is 8.84. The smallest absolute Gasteiger partial charge is 0.296 e. The number of nitrogens with zero attached hydrogens (tertiary/aromatic N) is 1. The summed E-state index contributed by atoms with van der Waals surface area (Å²) in [4.78, 5) is 28.9. The summed E-state index contributed by atoms with van der Waals surface area (Å²) in [6.45, 7) is 0.0534. The van der Waals surface area contributed by atoms with E-state index in [2.05, 4.69) is 4.72 Å². The summed E-state index contributed by atoms with van der Waals surface area (Å²) in [6.07, 6.45) is 5.14. The predicted molar refractivity (Wildman–Crippen MR) is 92.7 cm³/mol. The molecule has 0 radical (unpaired) electrons. The molecule has 0 unspecified atom stereocenters. The molecule has 1 aliphatic rings. The molecule has 1 aromatic rings. The molecule has 25 heavy (non-hydrogen) atoms. The Hall–Kier alpha value is -2.06. The third-order valence-corrected chi connectivity index (χ3v) is 4.93. The Bertz CT molecular complexity index is 630. The van der Waals surface area contributed by atoms with Gasteiger partial charge in [-0.3, -0.25) is 19.1 Å². The summed E-state index contributed by atoms with van der Waals surface area (Å²) in [5.74, 6) is -2.47. The molecule has 2 amide bonds. The topological polar surface area (TPSA) is 78.9 Å². The van der Waals surface area contributed by atoms with Gasteiger partial charge in [0.25, 0.3) is 11.8 Å². The van der Waals surface area contributed by atoms with E-state index in [9.17, 15) is 19.1 Å². The van der Waals surface area contributed by atoms with E-state index in [0.29, 0.717) is 10.8 Å². The second-order valence-electron chi connectivity index (χ2n) is 5.67. The molecular formula is C17H21FN2O4S. The van der Waals surface area contributed by atoms with Crippen LogP contribution in [0.5, 0.6) is 0 Å². The minimum Gasteiger partial charge on any atom is -0.503 e. The van der Waals surface area contributed by atoms with E-state index in [1.54, 1.807) is 0 Å². The van der Waals surface area contributed by atoms with Gasteiger partial charge in [0.1, 0.15) is 5.82 Å². The van der Waals surface area contributed by atoms with Crippen molar-refractivity contribution in [1.82, 2.24) is 9.79 Å². The van der Waals surface area contributed by atoms with Gasteiger partial charge in [-0.2, -0.15) is 0 Å². The van der Waals surface area contributed by atoms with Crippen LogP contribution in [0.1, 0.15) is 31.2 Å². The molecule has 6 nitrogen and oxygen atoms in total. The number of rotatable bonds is 7. The molecule has 0 spiro atoms. The molecule has 136 valence electrons. The largest absolute Gasteiger partial charge is 0.503 e. The zero-order valence-corrected chi connectivity index (χ0v) is 14.7. The maximum absolute atomic E-state index is 12.9. The van der Waals surface area contributed by atoms with Crippen molar-refractivity contribution in [2.75, 3.05) is 7.11 Å². The van der Waals surface area contributed by atoms with E-state index in [1.165, 1.54) is 43.3 Å². The number of hydroxylamine groups is 2. The van der Waals surface area contributed by atoms with Gasteiger partial charge < -0.3 is 5.11 Å². The van der Waals surface area contributed by atoms with Crippen molar-refractivity contribution in [3.8, 4) is 0 Å². The highest BCUT2D eigenvalue weighted by Gasteiger charge is 2.19. The standard InChI is InChI=1S/C17H21FN2O4S/c1-24-20(11-12-6-8-13(18)9-7-12)16(22)10-15(21)17(23)19-25-14-4-2-3-5-14/h6-10,14,21H,2-5,11H2,1H3,(H,19,23)/b15-10-. The summed E-state index contributed by atoms with van der Waals surface area (Å²) < 4.78 is 15.5. The van der Waals surface area contributed by atoms with Crippen LogP contribution in [0, 0.1) is 5.82 Å². The van der Waals surface area contributed by atoms with E-state index in [-0.39, 0.29) is 12.4 Å².